The average molecular weight is 707 g/mol. The number of nitrogens with one attached hydrogen (secondary N) is 1. The molecule has 0 aliphatic carbocycles. The van der Waals surface area contributed by atoms with Crippen molar-refractivity contribution in [1.82, 2.24) is 14.5 Å². The van der Waals surface area contributed by atoms with Crippen LogP contribution in [0.4, 0.5) is 5.69 Å². The number of benzene rings is 3. The molecule has 6 rings (SSSR count). The summed E-state index contributed by atoms with van der Waals surface area (Å²) < 4.78 is 14.3. The van der Waals surface area contributed by atoms with Gasteiger partial charge in [0.05, 0.1) is 40.9 Å². The number of hydrogen-bond acceptors (Lipinski definition) is 8. The minimum Gasteiger partial charge on any atom is -0.491 e. The van der Waals surface area contributed by atoms with Crippen molar-refractivity contribution >= 4 is 41.0 Å². The minimum atomic E-state index is -1.04. The molecule has 51 heavy (non-hydrogen) atoms. The van der Waals surface area contributed by atoms with E-state index in [4.69, 9.17) is 22.1 Å². The van der Waals surface area contributed by atoms with Crippen LogP contribution in [0.15, 0.2) is 78.0 Å². The number of aliphatic carboxylic acids is 1. The molecule has 0 fully saturated rings. The van der Waals surface area contributed by atoms with Gasteiger partial charge in [0.25, 0.3) is 0 Å². The van der Waals surface area contributed by atoms with Gasteiger partial charge in [0, 0.05) is 35.3 Å². The number of fused-ring (bicyclic) bond motifs is 2. The predicted octanol–water partition coefficient (Wildman–Crippen LogP) is 8.16. The van der Waals surface area contributed by atoms with Crippen molar-refractivity contribution in [3.8, 4) is 22.9 Å². The second kappa shape index (κ2) is 14.1. The van der Waals surface area contributed by atoms with Crippen LogP contribution < -0.4 is 14.8 Å². The number of nitrogens with zero attached hydrogens (tertiary/aromatic N) is 3. The van der Waals surface area contributed by atoms with E-state index >= 15 is 0 Å². The number of anilines is 1. The minimum absolute atomic E-state index is 0.0790. The van der Waals surface area contributed by atoms with Crippen molar-refractivity contribution in [3.05, 3.63) is 95.4 Å². The number of para-hydroxylation sites is 1. The van der Waals surface area contributed by atoms with Crippen molar-refractivity contribution in [1.29, 1.82) is 0 Å². The lowest BCUT2D eigenvalue weighted by Gasteiger charge is -2.27. The maximum atomic E-state index is 13.1. The first kappa shape index (κ1) is 36.0. The third kappa shape index (κ3) is 7.33. The van der Waals surface area contributed by atoms with Gasteiger partial charge in [-0.1, -0.05) is 63.2 Å². The number of rotatable bonds is 12. The SMILES string of the molecule is CCOc1cnc(-c2ccc(Cn3c(CC(C)(C)C(=O)O)c(C(C)(C)C)c4c(S)c(O[C@H](C(C)=O)C5Cc6ccccc6N5)ccc43)cc2)nc1. The Kier molecular flexibility index (Phi) is 9.92. The molecule has 0 saturated heterocycles. The topological polar surface area (TPSA) is 116 Å². The monoisotopic (exact) mass is 706 g/mol. The normalized spacial score (nSPS) is 14.9. The van der Waals surface area contributed by atoms with Gasteiger partial charge in [-0.3, -0.25) is 9.59 Å². The van der Waals surface area contributed by atoms with Gasteiger partial charge in [0.2, 0.25) is 0 Å². The quantitative estimate of drug-likeness (QED) is 0.111. The zero-order chi connectivity index (χ0) is 36.7. The third-order valence-electron chi connectivity index (χ3n) is 9.52. The van der Waals surface area contributed by atoms with Crippen LogP contribution in [0, 0.1) is 5.41 Å². The van der Waals surface area contributed by atoms with Crippen LogP contribution in [0.2, 0.25) is 0 Å². The zero-order valence-corrected chi connectivity index (χ0v) is 31.2. The van der Waals surface area contributed by atoms with Crippen LogP contribution in [0.5, 0.6) is 11.5 Å². The highest BCUT2D eigenvalue weighted by Crippen LogP contribution is 2.45. The fourth-order valence-corrected chi connectivity index (χ4v) is 7.32. The summed E-state index contributed by atoms with van der Waals surface area (Å²) in [6.45, 7) is 14.4. The van der Waals surface area contributed by atoms with Gasteiger partial charge >= 0.3 is 5.97 Å². The maximum absolute atomic E-state index is 13.1. The number of ether oxygens (including phenoxy) is 2. The number of ketones is 1. The molecule has 2 atom stereocenters. The van der Waals surface area contributed by atoms with E-state index in [9.17, 15) is 14.7 Å². The highest BCUT2D eigenvalue weighted by atomic mass is 32.1. The molecular weight excluding hydrogens is 661 g/mol. The highest BCUT2D eigenvalue weighted by Gasteiger charge is 2.37. The van der Waals surface area contributed by atoms with Gasteiger partial charge in [0.15, 0.2) is 23.5 Å². The lowest BCUT2D eigenvalue weighted by molar-refractivity contribution is -0.146. The number of Topliss-reactive ketones (excluding diaryl/α,β-unsaturated/α-hetero) is 1. The Bertz CT molecular complexity index is 2060. The Labute approximate surface area is 304 Å². The summed E-state index contributed by atoms with van der Waals surface area (Å²) in [4.78, 5) is 35.1. The van der Waals surface area contributed by atoms with E-state index in [1.54, 1.807) is 33.2 Å². The molecule has 0 bridgehead atoms. The van der Waals surface area contributed by atoms with Crippen LogP contribution in [-0.2, 0) is 34.4 Å². The molecule has 0 spiro atoms. The van der Waals surface area contributed by atoms with Gasteiger partial charge in [-0.05, 0) is 74.4 Å². The van der Waals surface area contributed by atoms with Crippen LogP contribution in [0.3, 0.4) is 0 Å². The van der Waals surface area contributed by atoms with Crippen molar-refractivity contribution in [3.63, 3.8) is 0 Å². The molecule has 5 aromatic rings. The van der Waals surface area contributed by atoms with Crippen LogP contribution in [0.1, 0.15) is 70.9 Å². The van der Waals surface area contributed by atoms with Crippen LogP contribution in [-0.4, -0.2) is 50.1 Å². The van der Waals surface area contributed by atoms with Gasteiger partial charge in [-0.2, -0.15) is 0 Å². The Morgan fingerprint density at radius 1 is 1.02 bits per heavy atom. The van der Waals surface area contributed by atoms with Crippen LogP contribution >= 0.6 is 12.6 Å². The molecular formula is C41H46N4O5S. The molecule has 0 amide bonds. The van der Waals surface area contributed by atoms with E-state index in [1.807, 2.05) is 61.5 Å². The largest absolute Gasteiger partial charge is 0.491 e. The van der Waals surface area contributed by atoms with Crippen molar-refractivity contribution in [2.75, 3.05) is 11.9 Å². The molecule has 2 N–H and O–H groups in total. The van der Waals surface area contributed by atoms with Gasteiger partial charge in [-0.25, -0.2) is 9.97 Å². The first-order chi connectivity index (χ1) is 24.2. The Morgan fingerprint density at radius 3 is 2.31 bits per heavy atom. The lowest BCUT2D eigenvalue weighted by Crippen LogP contribution is -2.41. The molecule has 1 aliphatic rings. The number of carbonyl (C=O) groups excluding carboxylic acids is 1. The van der Waals surface area contributed by atoms with E-state index in [2.05, 4.69) is 46.7 Å². The summed E-state index contributed by atoms with van der Waals surface area (Å²) >= 11 is 5.10. The predicted molar refractivity (Wildman–Crippen MR) is 203 cm³/mol. The number of carbonyl (C=O) groups is 2. The molecule has 3 aromatic carbocycles. The number of thiol groups is 1. The smallest absolute Gasteiger partial charge is 0.309 e. The highest BCUT2D eigenvalue weighted by molar-refractivity contribution is 7.80. The fourth-order valence-electron chi connectivity index (χ4n) is 6.96. The van der Waals surface area contributed by atoms with Gasteiger partial charge in [0.1, 0.15) is 5.75 Å². The lowest BCUT2D eigenvalue weighted by atomic mass is 9.80. The number of hydrogen-bond donors (Lipinski definition) is 3. The van der Waals surface area contributed by atoms with Crippen LogP contribution in [0.25, 0.3) is 22.3 Å². The van der Waals surface area contributed by atoms with E-state index in [0.29, 0.717) is 48.2 Å². The molecule has 9 nitrogen and oxygen atoms in total. The first-order valence-corrected chi connectivity index (χ1v) is 17.8. The Morgan fingerprint density at radius 2 is 1.71 bits per heavy atom. The van der Waals surface area contributed by atoms with E-state index in [1.165, 1.54) is 0 Å². The zero-order valence-electron chi connectivity index (χ0n) is 30.3. The molecule has 10 heteroatoms. The molecule has 266 valence electrons. The molecule has 0 saturated carbocycles. The molecule has 1 unspecified atom stereocenters. The van der Waals surface area contributed by atoms with Crippen molar-refractivity contribution < 1.29 is 24.2 Å². The fraction of sp³-hybridized carbons (Fsp3) is 0.366. The summed E-state index contributed by atoms with van der Waals surface area (Å²) in [5, 5.41) is 14.6. The van der Waals surface area contributed by atoms with E-state index in [-0.39, 0.29) is 17.2 Å². The Hall–Kier alpha value is -4.83. The second-order valence-electron chi connectivity index (χ2n) is 15.0. The molecule has 1 aliphatic heterocycles. The number of carboxylic acids is 1. The third-order valence-corrected chi connectivity index (χ3v) is 9.97. The summed E-state index contributed by atoms with van der Waals surface area (Å²) in [5.74, 6) is 0.782. The maximum Gasteiger partial charge on any atom is 0.309 e. The average Bonchev–Trinajstić information content (AvgIpc) is 3.64. The van der Waals surface area contributed by atoms with E-state index < -0.39 is 17.5 Å². The van der Waals surface area contributed by atoms with Crippen molar-refractivity contribution in [2.24, 2.45) is 5.41 Å². The number of aromatic nitrogens is 3. The summed E-state index contributed by atoms with van der Waals surface area (Å²) in [7, 11) is 0. The number of carboxylic acid groups (broad SMARTS) is 1. The standard InChI is InChI=1S/C41H46N4O5S/c1-8-49-28-21-42-38(43-22-28)26-15-13-25(14-16-26)23-45-31-17-18-33(50-36(24(2)46)30-19-27-11-9-10-12-29(27)44-30)37(51)34(31)35(40(3,4)5)32(45)20-41(6,7)39(47)48/h9-18,21-22,30,36,44,51H,8,19-20,23H2,1-7H3,(H,47,48)/t30?,36-/m1/s1. The van der Waals surface area contributed by atoms with E-state index in [0.717, 1.165) is 44.5 Å². The molecule has 0 radical (unpaired) electrons. The summed E-state index contributed by atoms with van der Waals surface area (Å²) in [6, 6.07) is 19.8. The van der Waals surface area contributed by atoms with Gasteiger partial charge < -0.3 is 24.5 Å². The molecule has 2 aromatic heterocycles. The second-order valence-corrected chi connectivity index (χ2v) is 15.4. The first-order valence-electron chi connectivity index (χ1n) is 17.3. The summed E-state index contributed by atoms with van der Waals surface area (Å²) in [6.07, 6.45) is 3.58. The van der Waals surface area contributed by atoms with Crippen molar-refractivity contribution in [2.45, 2.75) is 90.3 Å². The summed E-state index contributed by atoms with van der Waals surface area (Å²) in [5.41, 5.74) is 5.49. The molecule has 3 heterocycles. The Balaban J connectivity index is 1.42. The van der Waals surface area contributed by atoms with Gasteiger partial charge in [-0.15, -0.1) is 12.6 Å².